The van der Waals surface area contributed by atoms with E-state index < -0.39 is 5.97 Å². The highest BCUT2D eigenvalue weighted by molar-refractivity contribution is 7.13. The van der Waals surface area contributed by atoms with Crippen LogP contribution in [0.15, 0.2) is 72.6 Å². The van der Waals surface area contributed by atoms with Crippen molar-refractivity contribution in [1.29, 1.82) is 0 Å². The van der Waals surface area contributed by atoms with Gasteiger partial charge in [-0.25, -0.2) is 9.78 Å². The molecule has 0 radical (unpaired) electrons. The molecule has 6 nitrogen and oxygen atoms in total. The van der Waals surface area contributed by atoms with Gasteiger partial charge in [-0.15, -0.1) is 17.9 Å². The van der Waals surface area contributed by atoms with Crippen molar-refractivity contribution >= 4 is 28.3 Å². The molecule has 0 spiro atoms. The molecule has 0 bridgehead atoms. The summed E-state index contributed by atoms with van der Waals surface area (Å²) in [6.45, 7) is 5.68. The fourth-order valence-corrected chi connectivity index (χ4v) is 3.46. The van der Waals surface area contributed by atoms with E-state index in [1.54, 1.807) is 11.5 Å². The first kappa shape index (κ1) is 21.3. The topological polar surface area (TPSA) is 80.3 Å². The fourth-order valence-electron chi connectivity index (χ4n) is 2.77. The molecule has 154 valence electrons. The van der Waals surface area contributed by atoms with Crippen molar-refractivity contribution in [3.8, 4) is 11.1 Å². The van der Waals surface area contributed by atoms with Gasteiger partial charge in [-0.3, -0.25) is 4.79 Å². The molecule has 0 aliphatic heterocycles. The molecule has 0 aliphatic carbocycles. The average Bonchev–Trinajstić information content (AvgIpc) is 3.26. The van der Waals surface area contributed by atoms with Crippen LogP contribution in [0.25, 0.3) is 11.1 Å². The summed E-state index contributed by atoms with van der Waals surface area (Å²) in [5.41, 5.74) is 3.38. The lowest BCUT2D eigenvalue weighted by molar-refractivity contribution is -0.124. The number of esters is 1. The number of ether oxygens (including phenoxy) is 1. The highest BCUT2D eigenvalue weighted by Gasteiger charge is 2.15. The lowest BCUT2D eigenvalue weighted by Crippen LogP contribution is -2.31. The Bertz CT molecular complexity index is 1000. The Morgan fingerprint density at radius 1 is 1.13 bits per heavy atom. The number of aromatic nitrogens is 1. The SMILES string of the molecule is C=CCNc1nc(C(=O)OCC(=O)NC(C)c2ccc(-c3ccccc3)cc2)cs1. The molecule has 1 aromatic heterocycles. The molecule has 1 atom stereocenters. The van der Waals surface area contributed by atoms with Gasteiger partial charge in [-0.2, -0.15) is 0 Å². The van der Waals surface area contributed by atoms with Crippen LogP contribution in [0.3, 0.4) is 0 Å². The van der Waals surface area contributed by atoms with Crippen molar-refractivity contribution in [2.75, 3.05) is 18.5 Å². The maximum absolute atomic E-state index is 12.2. The molecule has 0 fully saturated rings. The number of benzene rings is 2. The molecule has 3 aromatic rings. The Kier molecular flexibility index (Phi) is 7.34. The zero-order valence-electron chi connectivity index (χ0n) is 16.6. The maximum atomic E-state index is 12.2. The van der Waals surface area contributed by atoms with E-state index in [0.717, 1.165) is 16.7 Å². The summed E-state index contributed by atoms with van der Waals surface area (Å²) in [4.78, 5) is 28.3. The van der Waals surface area contributed by atoms with Gasteiger partial charge >= 0.3 is 5.97 Å². The van der Waals surface area contributed by atoms with Crippen LogP contribution < -0.4 is 10.6 Å². The van der Waals surface area contributed by atoms with Crippen molar-refractivity contribution in [3.63, 3.8) is 0 Å². The van der Waals surface area contributed by atoms with Gasteiger partial charge in [0.2, 0.25) is 0 Å². The van der Waals surface area contributed by atoms with Crippen LogP contribution in [0.5, 0.6) is 0 Å². The lowest BCUT2D eigenvalue weighted by atomic mass is 10.0. The number of nitrogens with zero attached hydrogens (tertiary/aromatic N) is 1. The average molecular weight is 422 g/mol. The molecule has 0 saturated carbocycles. The highest BCUT2D eigenvalue weighted by atomic mass is 32.1. The Morgan fingerprint density at radius 3 is 2.53 bits per heavy atom. The van der Waals surface area contributed by atoms with Gasteiger partial charge in [0.1, 0.15) is 0 Å². The Labute approximate surface area is 179 Å². The molecule has 30 heavy (non-hydrogen) atoms. The molecule has 7 heteroatoms. The summed E-state index contributed by atoms with van der Waals surface area (Å²) in [5, 5.41) is 8.02. The van der Waals surface area contributed by atoms with E-state index in [1.807, 2.05) is 49.4 Å². The molecule has 2 N–H and O–H groups in total. The van der Waals surface area contributed by atoms with E-state index in [2.05, 4.69) is 34.3 Å². The third-order valence-corrected chi connectivity index (χ3v) is 5.14. The molecule has 1 heterocycles. The predicted octanol–water partition coefficient (Wildman–Crippen LogP) is 4.44. The smallest absolute Gasteiger partial charge is 0.358 e. The van der Waals surface area contributed by atoms with Gasteiger partial charge in [0.25, 0.3) is 5.91 Å². The van der Waals surface area contributed by atoms with Crippen LogP contribution in [-0.4, -0.2) is 30.0 Å². The number of hydrogen-bond acceptors (Lipinski definition) is 6. The predicted molar refractivity (Wildman–Crippen MR) is 120 cm³/mol. The zero-order valence-corrected chi connectivity index (χ0v) is 17.4. The minimum absolute atomic E-state index is 0.170. The summed E-state index contributed by atoms with van der Waals surface area (Å²) in [6.07, 6.45) is 1.69. The fraction of sp³-hybridized carbons (Fsp3) is 0.174. The maximum Gasteiger partial charge on any atom is 0.358 e. The first-order valence-electron chi connectivity index (χ1n) is 9.49. The zero-order chi connectivity index (χ0) is 21.3. The minimum Gasteiger partial charge on any atom is -0.451 e. The van der Waals surface area contributed by atoms with Gasteiger partial charge in [0.05, 0.1) is 6.04 Å². The van der Waals surface area contributed by atoms with Gasteiger partial charge in [-0.05, 0) is 23.6 Å². The van der Waals surface area contributed by atoms with Crippen molar-refractivity contribution in [2.45, 2.75) is 13.0 Å². The van der Waals surface area contributed by atoms with E-state index in [4.69, 9.17) is 4.74 Å². The number of thiazole rings is 1. The van der Waals surface area contributed by atoms with Crippen molar-refractivity contribution in [2.24, 2.45) is 0 Å². The van der Waals surface area contributed by atoms with Crippen LogP contribution in [0.2, 0.25) is 0 Å². The molecular weight excluding hydrogens is 398 g/mol. The molecule has 0 saturated heterocycles. The standard InChI is InChI=1S/C23H23N3O3S/c1-3-13-24-23-26-20(15-30-23)22(28)29-14-21(27)25-16(2)17-9-11-19(12-10-17)18-7-5-4-6-8-18/h3-12,15-16H,1,13-14H2,2H3,(H,24,26)(H,25,27). The second-order valence-electron chi connectivity index (χ2n) is 6.56. The lowest BCUT2D eigenvalue weighted by Gasteiger charge is -2.15. The number of hydrogen-bond donors (Lipinski definition) is 2. The third kappa shape index (κ3) is 5.78. The second kappa shape index (κ2) is 10.4. The Balaban J connectivity index is 1.49. The van der Waals surface area contributed by atoms with Crippen LogP contribution in [0.4, 0.5) is 5.13 Å². The van der Waals surface area contributed by atoms with Crippen molar-refractivity contribution < 1.29 is 14.3 Å². The Morgan fingerprint density at radius 2 is 1.83 bits per heavy atom. The normalized spacial score (nSPS) is 11.4. The molecule has 1 amide bonds. The van der Waals surface area contributed by atoms with E-state index in [0.29, 0.717) is 11.7 Å². The second-order valence-corrected chi connectivity index (χ2v) is 7.42. The third-order valence-electron chi connectivity index (χ3n) is 4.34. The first-order chi connectivity index (χ1) is 14.6. The summed E-state index contributed by atoms with van der Waals surface area (Å²) in [7, 11) is 0. The van der Waals surface area contributed by atoms with Gasteiger partial charge in [0, 0.05) is 11.9 Å². The minimum atomic E-state index is -0.632. The summed E-state index contributed by atoms with van der Waals surface area (Å²) < 4.78 is 5.07. The van der Waals surface area contributed by atoms with Crippen LogP contribution >= 0.6 is 11.3 Å². The van der Waals surface area contributed by atoms with Gasteiger partial charge in [0.15, 0.2) is 17.4 Å². The molecule has 2 aromatic carbocycles. The summed E-state index contributed by atoms with van der Waals surface area (Å²) in [6, 6.07) is 17.9. The van der Waals surface area contributed by atoms with Gasteiger partial charge < -0.3 is 15.4 Å². The van der Waals surface area contributed by atoms with Crippen LogP contribution in [0.1, 0.15) is 29.0 Å². The molecule has 1 unspecified atom stereocenters. The van der Waals surface area contributed by atoms with E-state index in [1.165, 1.54) is 11.3 Å². The number of carbonyl (C=O) groups excluding carboxylic acids is 2. The van der Waals surface area contributed by atoms with Crippen LogP contribution in [0, 0.1) is 0 Å². The number of nitrogens with one attached hydrogen (secondary N) is 2. The number of carbonyl (C=O) groups is 2. The quantitative estimate of drug-likeness (QED) is 0.394. The molecule has 0 aliphatic rings. The van der Waals surface area contributed by atoms with E-state index in [9.17, 15) is 9.59 Å². The molecular formula is C23H23N3O3S. The molecule has 3 rings (SSSR count). The van der Waals surface area contributed by atoms with Gasteiger partial charge in [-0.1, -0.05) is 60.7 Å². The van der Waals surface area contributed by atoms with E-state index >= 15 is 0 Å². The van der Waals surface area contributed by atoms with Crippen molar-refractivity contribution in [3.05, 3.63) is 83.9 Å². The summed E-state index contributed by atoms with van der Waals surface area (Å²) in [5.74, 6) is -1.00. The number of amides is 1. The Hall–Kier alpha value is -3.45. The largest absolute Gasteiger partial charge is 0.451 e. The first-order valence-corrected chi connectivity index (χ1v) is 10.4. The van der Waals surface area contributed by atoms with Crippen LogP contribution in [-0.2, 0) is 9.53 Å². The summed E-state index contributed by atoms with van der Waals surface area (Å²) >= 11 is 1.29. The van der Waals surface area contributed by atoms with Crippen molar-refractivity contribution in [1.82, 2.24) is 10.3 Å². The van der Waals surface area contributed by atoms with E-state index in [-0.39, 0.29) is 24.2 Å². The highest BCUT2D eigenvalue weighted by Crippen LogP contribution is 2.21. The monoisotopic (exact) mass is 421 g/mol. The number of anilines is 1. The number of rotatable bonds is 9.